The first-order valence-corrected chi connectivity index (χ1v) is 8.46. The highest BCUT2D eigenvalue weighted by Crippen LogP contribution is 2.31. The van der Waals surface area contributed by atoms with Crippen LogP contribution >= 0.6 is 15.9 Å². The van der Waals surface area contributed by atoms with Gasteiger partial charge in [0.05, 0.1) is 0 Å². The molecule has 0 aliphatic carbocycles. The van der Waals surface area contributed by atoms with Gasteiger partial charge in [-0.25, -0.2) is 0 Å². The van der Waals surface area contributed by atoms with Crippen molar-refractivity contribution in [1.29, 1.82) is 0 Å². The van der Waals surface area contributed by atoms with Gasteiger partial charge in [-0.1, -0.05) is 78.7 Å². The largest absolute Gasteiger partial charge is 0.327 e. The van der Waals surface area contributed by atoms with E-state index >= 15 is 0 Å². The molecule has 0 spiro atoms. The topological polar surface area (TPSA) is 26.0 Å². The van der Waals surface area contributed by atoms with Crippen LogP contribution in [-0.2, 0) is 6.42 Å². The summed E-state index contributed by atoms with van der Waals surface area (Å²) in [5.74, 6) is 0.984. The molecular formula is C19H24BrN. The van der Waals surface area contributed by atoms with E-state index in [-0.39, 0.29) is 6.04 Å². The summed E-state index contributed by atoms with van der Waals surface area (Å²) in [7, 11) is 0. The highest BCUT2D eigenvalue weighted by atomic mass is 79.9. The quantitative estimate of drug-likeness (QED) is 0.769. The SMILES string of the molecule is CCC(C)C(c1ccccc1)C(N)Cc1ccc(Br)cc1. The second-order valence-corrected chi connectivity index (χ2v) is 6.73. The fourth-order valence-electron chi connectivity index (χ4n) is 2.95. The Morgan fingerprint density at radius 1 is 1.00 bits per heavy atom. The number of rotatable bonds is 6. The minimum atomic E-state index is 0.142. The van der Waals surface area contributed by atoms with Gasteiger partial charge < -0.3 is 5.73 Å². The molecule has 2 aromatic rings. The van der Waals surface area contributed by atoms with Crippen LogP contribution in [0.1, 0.15) is 37.3 Å². The molecule has 0 saturated carbocycles. The second kappa shape index (κ2) is 7.77. The summed E-state index contributed by atoms with van der Waals surface area (Å²) in [6.07, 6.45) is 2.06. The molecule has 0 saturated heterocycles. The van der Waals surface area contributed by atoms with E-state index in [0.29, 0.717) is 11.8 Å². The van der Waals surface area contributed by atoms with Crippen molar-refractivity contribution in [2.75, 3.05) is 0 Å². The van der Waals surface area contributed by atoms with Crippen LogP contribution in [-0.4, -0.2) is 6.04 Å². The van der Waals surface area contributed by atoms with E-state index in [4.69, 9.17) is 5.73 Å². The molecule has 0 amide bonds. The van der Waals surface area contributed by atoms with E-state index in [1.807, 2.05) is 0 Å². The lowest BCUT2D eigenvalue weighted by molar-refractivity contribution is 0.380. The first kappa shape index (κ1) is 16.3. The Morgan fingerprint density at radius 2 is 1.62 bits per heavy atom. The summed E-state index contributed by atoms with van der Waals surface area (Å²) in [6.45, 7) is 4.55. The fraction of sp³-hybridized carbons (Fsp3) is 0.368. The molecule has 3 unspecified atom stereocenters. The maximum Gasteiger partial charge on any atom is 0.0175 e. The third-order valence-electron chi connectivity index (χ3n) is 4.29. The molecular weight excluding hydrogens is 322 g/mol. The van der Waals surface area contributed by atoms with Gasteiger partial charge in [0.25, 0.3) is 0 Å². The van der Waals surface area contributed by atoms with Crippen LogP contribution in [0.15, 0.2) is 59.1 Å². The van der Waals surface area contributed by atoms with Crippen molar-refractivity contribution in [2.45, 2.75) is 38.6 Å². The molecule has 2 N–H and O–H groups in total. The Morgan fingerprint density at radius 3 is 2.19 bits per heavy atom. The van der Waals surface area contributed by atoms with Crippen LogP contribution in [0.25, 0.3) is 0 Å². The molecule has 112 valence electrons. The van der Waals surface area contributed by atoms with Gasteiger partial charge in [-0.3, -0.25) is 0 Å². The predicted molar refractivity (Wildman–Crippen MR) is 94.5 cm³/mol. The van der Waals surface area contributed by atoms with Crippen LogP contribution in [0.2, 0.25) is 0 Å². The monoisotopic (exact) mass is 345 g/mol. The van der Waals surface area contributed by atoms with E-state index in [0.717, 1.165) is 17.3 Å². The Kier molecular flexibility index (Phi) is 6.01. The van der Waals surface area contributed by atoms with Crippen LogP contribution < -0.4 is 5.73 Å². The van der Waals surface area contributed by atoms with Crippen LogP contribution in [0, 0.1) is 5.92 Å². The Labute approximate surface area is 136 Å². The maximum absolute atomic E-state index is 6.58. The highest BCUT2D eigenvalue weighted by molar-refractivity contribution is 9.10. The molecule has 2 aromatic carbocycles. The van der Waals surface area contributed by atoms with Gasteiger partial charge in [-0.05, 0) is 35.6 Å². The van der Waals surface area contributed by atoms with Crippen LogP contribution in [0.4, 0.5) is 0 Å². The second-order valence-electron chi connectivity index (χ2n) is 5.82. The summed E-state index contributed by atoms with van der Waals surface area (Å²) in [5.41, 5.74) is 9.24. The molecule has 21 heavy (non-hydrogen) atoms. The standard InChI is InChI=1S/C19H24BrN/c1-3-14(2)19(16-7-5-4-6-8-16)18(21)13-15-9-11-17(20)12-10-15/h4-12,14,18-19H,3,13,21H2,1-2H3. The van der Waals surface area contributed by atoms with Gasteiger partial charge in [0.2, 0.25) is 0 Å². The van der Waals surface area contributed by atoms with Crippen molar-refractivity contribution in [3.8, 4) is 0 Å². The minimum Gasteiger partial charge on any atom is -0.327 e. The average molecular weight is 346 g/mol. The third-order valence-corrected chi connectivity index (χ3v) is 4.82. The number of hydrogen-bond acceptors (Lipinski definition) is 1. The van der Waals surface area contributed by atoms with Crippen molar-refractivity contribution in [2.24, 2.45) is 11.7 Å². The lowest BCUT2D eigenvalue weighted by Gasteiger charge is -2.29. The molecule has 1 nitrogen and oxygen atoms in total. The van der Waals surface area contributed by atoms with Gasteiger partial charge in [-0.15, -0.1) is 0 Å². The Hall–Kier alpha value is -1.12. The van der Waals surface area contributed by atoms with Gasteiger partial charge in [0.15, 0.2) is 0 Å². The summed E-state index contributed by atoms with van der Waals surface area (Å²) < 4.78 is 1.11. The molecule has 3 atom stereocenters. The van der Waals surface area contributed by atoms with Gasteiger partial charge >= 0.3 is 0 Å². The van der Waals surface area contributed by atoms with Crippen molar-refractivity contribution < 1.29 is 0 Å². The van der Waals surface area contributed by atoms with Crippen molar-refractivity contribution in [1.82, 2.24) is 0 Å². The zero-order chi connectivity index (χ0) is 15.2. The van der Waals surface area contributed by atoms with E-state index in [1.54, 1.807) is 0 Å². The molecule has 2 heteroatoms. The van der Waals surface area contributed by atoms with Gasteiger partial charge in [-0.2, -0.15) is 0 Å². The first-order chi connectivity index (χ1) is 10.1. The zero-order valence-corrected chi connectivity index (χ0v) is 14.4. The minimum absolute atomic E-state index is 0.142. The number of hydrogen-bond donors (Lipinski definition) is 1. The van der Waals surface area contributed by atoms with E-state index in [2.05, 4.69) is 84.4 Å². The van der Waals surface area contributed by atoms with Crippen LogP contribution in [0.3, 0.4) is 0 Å². The highest BCUT2D eigenvalue weighted by Gasteiger charge is 2.24. The number of halogens is 1. The summed E-state index contributed by atoms with van der Waals surface area (Å²) in [4.78, 5) is 0. The van der Waals surface area contributed by atoms with Crippen molar-refractivity contribution in [3.63, 3.8) is 0 Å². The van der Waals surface area contributed by atoms with E-state index < -0.39 is 0 Å². The Bertz CT molecular complexity index is 535. The van der Waals surface area contributed by atoms with Crippen molar-refractivity contribution in [3.05, 3.63) is 70.2 Å². The molecule has 0 aromatic heterocycles. The van der Waals surface area contributed by atoms with Crippen molar-refractivity contribution >= 4 is 15.9 Å². The van der Waals surface area contributed by atoms with Gasteiger partial charge in [0.1, 0.15) is 0 Å². The normalized spacial score (nSPS) is 15.4. The molecule has 0 aliphatic rings. The zero-order valence-electron chi connectivity index (χ0n) is 12.8. The molecule has 0 fully saturated rings. The first-order valence-electron chi connectivity index (χ1n) is 7.66. The molecule has 0 aliphatic heterocycles. The Balaban J connectivity index is 2.18. The molecule has 0 radical (unpaired) electrons. The molecule has 0 bridgehead atoms. The number of nitrogens with two attached hydrogens (primary N) is 1. The lowest BCUT2D eigenvalue weighted by atomic mass is 9.78. The van der Waals surface area contributed by atoms with Gasteiger partial charge in [0, 0.05) is 16.4 Å². The summed E-state index contributed by atoms with van der Waals surface area (Å²) >= 11 is 3.48. The average Bonchev–Trinajstić information content (AvgIpc) is 2.50. The van der Waals surface area contributed by atoms with E-state index in [9.17, 15) is 0 Å². The third kappa shape index (κ3) is 4.42. The number of benzene rings is 2. The molecule has 2 rings (SSSR count). The fourth-order valence-corrected chi connectivity index (χ4v) is 3.21. The molecule has 0 heterocycles. The summed E-state index contributed by atoms with van der Waals surface area (Å²) in [5, 5.41) is 0. The van der Waals surface area contributed by atoms with E-state index in [1.165, 1.54) is 11.1 Å². The lowest BCUT2D eigenvalue weighted by Crippen LogP contribution is -2.34. The maximum atomic E-state index is 6.58. The predicted octanol–water partition coefficient (Wildman–Crippen LogP) is 5.15. The van der Waals surface area contributed by atoms with Crippen LogP contribution in [0.5, 0.6) is 0 Å². The smallest absolute Gasteiger partial charge is 0.0175 e. The summed E-state index contributed by atoms with van der Waals surface area (Å²) in [6, 6.07) is 19.3.